The van der Waals surface area contributed by atoms with E-state index < -0.39 is 34.3 Å². The van der Waals surface area contributed by atoms with Gasteiger partial charge in [-0.05, 0) is 67.3 Å². The highest BCUT2D eigenvalue weighted by Crippen LogP contribution is 2.43. The maximum absolute atomic E-state index is 13.3. The highest BCUT2D eigenvalue weighted by molar-refractivity contribution is 6.31. The van der Waals surface area contributed by atoms with E-state index in [4.69, 9.17) is 11.6 Å². The van der Waals surface area contributed by atoms with Crippen LogP contribution in [0.3, 0.4) is 0 Å². The zero-order valence-electron chi connectivity index (χ0n) is 15.8. The van der Waals surface area contributed by atoms with Gasteiger partial charge in [-0.1, -0.05) is 29.8 Å². The molecule has 0 unspecified atom stereocenters. The predicted molar refractivity (Wildman–Crippen MR) is 102 cm³/mol. The number of Topliss-reactive ketones (excluding diaryl/α,β-unsaturated/α-hetero) is 1. The first kappa shape index (κ1) is 22.7. The van der Waals surface area contributed by atoms with Crippen LogP contribution in [0.5, 0.6) is 0 Å². The fourth-order valence-corrected chi connectivity index (χ4v) is 4.31. The molecule has 1 nitrogen and oxygen atoms in total. The quantitative estimate of drug-likeness (QED) is 0.343. The third-order valence-electron chi connectivity index (χ3n) is 5.62. The van der Waals surface area contributed by atoms with Crippen LogP contribution in [0.15, 0.2) is 42.5 Å². The normalized spacial score (nSPS) is 20.2. The van der Waals surface area contributed by atoms with Crippen molar-refractivity contribution in [1.82, 2.24) is 0 Å². The average molecular weight is 449 g/mol. The van der Waals surface area contributed by atoms with Crippen LogP contribution in [0, 0.1) is 5.92 Å². The van der Waals surface area contributed by atoms with Crippen LogP contribution in [0.4, 0.5) is 26.3 Å². The maximum Gasteiger partial charge on any atom is 0.417 e. The van der Waals surface area contributed by atoms with Gasteiger partial charge in [0.15, 0.2) is 5.78 Å². The summed E-state index contributed by atoms with van der Waals surface area (Å²) in [7, 11) is 0. The molecule has 2 aromatic rings. The number of carbonyl (C=O) groups is 1. The largest absolute Gasteiger partial charge is 0.417 e. The van der Waals surface area contributed by atoms with Crippen LogP contribution < -0.4 is 0 Å². The van der Waals surface area contributed by atoms with Crippen LogP contribution in [0.1, 0.15) is 65.1 Å². The van der Waals surface area contributed by atoms with Crippen molar-refractivity contribution in [2.45, 2.75) is 50.4 Å². The fraction of sp³-hybridized carbons (Fsp3) is 0.409. The van der Waals surface area contributed by atoms with Gasteiger partial charge in [0, 0.05) is 12.0 Å². The van der Waals surface area contributed by atoms with Crippen LogP contribution in [0.25, 0.3) is 0 Å². The second kappa shape index (κ2) is 8.61. The number of halogens is 7. The van der Waals surface area contributed by atoms with E-state index in [-0.39, 0.29) is 29.4 Å². The SMILES string of the molecule is O=C(CC1CCC(c2ccccc2C(F)(F)F)CC1)c1ccc(Cl)c(C(F)(F)F)c1. The summed E-state index contributed by atoms with van der Waals surface area (Å²) < 4.78 is 78.7. The number of carbonyl (C=O) groups excluding carboxylic acids is 1. The molecular weight excluding hydrogens is 430 g/mol. The molecule has 1 fully saturated rings. The molecule has 0 aromatic heterocycles. The summed E-state index contributed by atoms with van der Waals surface area (Å²) in [4.78, 5) is 12.5. The molecule has 0 atom stereocenters. The molecule has 0 radical (unpaired) electrons. The number of benzene rings is 2. The highest BCUT2D eigenvalue weighted by Gasteiger charge is 2.36. The van der Waals surface area contributed by atoms with Crippen molar-refractivity contribution in [2.75, 3.05) is 0 Å². The molecule has 3 rings (SSSR count). The molecule has 1 aliphatic carbocycles. The van der Waals surface area contributed by atoms with Gasteiger partial charge < -0.3 is 0 Å². The van der Waals surface area contributed by atoms with Crippen molar-refractivity contribution in [1.29, 1.82) is 0 Å². The van der Waals surface area contributed by atoms with Gasteiger partial charge in [-0.3, -0.25) is 4.79 Å². The fourth-order valence-electron chi connectivity index (χ4n) is 4.08. The Kier molecular flexibility index (Phi) is 6.51. The van der Waals surface area contributed by atoms with E-state index in [9.17, 15) is 31.1 Å². The van der Waals surface area contributed by atoms with Crippen molar-refractivity contribution in [2.24, 2.45) is 5.92 Å². The first-order chi connectivity index (χ1) is 14.0. The first-order valence-corrected chi connectivity index (χ1v) is 9.90. The van der Waals surface area contributed by atoms with Gasteiger partial charge in [0.25, 0.3) is 0 Å². The van der Waals surface area contributed by atoms with Crippen molar-refractivity contribution in [3.05, 3.63) is 69.7 Å². The third kappa shape index (κ3) is 5.17. The molecule has 0 heterocycles. The van der Waals surface area contributed by atoms with E-state index in [1.54, 1.807) is 6.07 Å². The molecule has 0 bridgehead atoms. The monoisotopic (exact) mass is 448 g/mol. The predicted octanol–water partition coefficient (Wildman–Crippen LogP) is 7.92. The molecule has 8 heteroatoms. The van der Waals surface area contributed by atoms with E-state index in [1.807, 2.05) is 0 Å². The molecule has 30 heavy (non-hydrogen) atoms. The van der Waals surface area contributed by atoms with Gasteiger partial charge in [-0.2, -0.15) is 26.3 Å². The Hall–Kier alpha value is -2.02. The summed E-state index contributed by atoms with van der Waals surface area (Å²) in [6, 6.07) is 8.59. The molecule has 1 saturated carbocycles. The standard InChI is InChI=1S/C22H19ClF6O/c23-19-10-9-15(12-18(19)22(27,28)29)20(30)11-13-5-7-14(8-6-13)16-3-1-2-4-17(16)21(24,25)26/h1-4,9-10,12-14H,5-8,11H2. The molecule has 0 saturated heterocycles. The van der Waals surface area contributed by atoms with Gasteiger partial charge >= 0.3 is 12.4 Å². The molecule has 0 N–H and O–H groups in total. The van der Waals surface area contributed by atoms with Gasteiger partial charge in [-0.25, -0.2) is 0 Å². The van der Waals surface area contributed by atoms with Crippen LogP contribution in [-0.4, -0.2) is 5.78 Å². The van der Waals surface area contributed by atoms with Crippen molar-refractivity contribution < 1.29 is 31.1 Å². The third-order valence-corrected chi connectivity index (χ3v) is 5.95. The smallest absolute Gasteiger partial charge is 0.294 e. The lowest BCUT2D eigenvalue weighted by atomic mass is 9.75. The Morgan fingerprint density at radius 2 is 1.47 bits per heavy atom. The molecule has 0 amide bonds. The second-order valence-corrected chi connectivity index (χ2v) is 8.03. The molecule has 162 valence electrons. The van der Waals surface area contributed by atoms with Crippen molar-refractivity contribution in [3.8, 4) is 0 Å². The minimum atomic E-state index is -4.66. The van der Waals surface area contributed by atoms with E-state index in [0.29, 0.717) is 25.7 Å². The van der Waals surface area contributed by atoms with Gasteiger partial charge in [-0.15, -0.1) is 0 Å². The number of rotatable bonds is 4. The van der Waals surface area contributed by atoms with Crippen LogP contribution in [0.2, 0.25) is 5.02 Å². The molecular formula is C22H19ClF6O. The van der Waals surface area contributed by atoms with E-state index >= 15 is 0 Å². The summed E-state index contributed by atoms with van der Waals surface area (Å²) in [6.07, 6.45) is -6.93. The Balaban J connectivity index is 1.65. The summed E-state index contributed by atoms with van der Waals surface area (Å²) >= 11 is 5.59. The number of ketones is 1. The van der Waals surface area contributed by atoms with Gasteiger partial charge in [0.05, 0.1) is 16.1 Å². The summed E-state index contributed by atoms with van der Waals surface area (Å²) in [5.74, 6) is -0.741. The lowest BCUT2D eigenvalue weighted by Crippen LogP contribution is -2.19. The zero-order valence-corrected chi connectivity index (χ0v) is 16.5. The summed E-state index contributed by atoms with van der Waals surface area (Å²) in [5.41, 5.74) is -1.48. The van der Waals surface area contributed by atoms with E-state index in [0.717, 1.165) is 18.2 Å². The van der Waals surface area contributed by atoms with Crippen molar-refractivity contribution >= 4 is 17.4 Å². The summed E-state index contributed by atoms with van der Waals surface area (Å²) in [6.45, 7) is 0. The van der Waals surface area contributed by atoms with E-state index in [1.165, 1.54) is 18.2 Å². The molecule has 2 aromatic carbocycles. The first-order valence-electron chi connectivity index (χ1n) is 9.53. The Bertz CT molecular complexity index is 911. The number of hydrogen-bond donors (Lipinski definition) is 0. The maximum atomic E-state index is 13.3. The topological polar surface area (TPSA) is 17.1 Å². The molecule has 1 aliphatic rings. The van der Waals surface area contributed by atoms with E-state index in [2.05, 4.69) is 0 Å². The second-order valence-electron chi connectivity index (χ2n) is 7.62. The highest BCUT2D eigenvalue weighted by atomic mass is 35.5. The summed E-state index contributed by atoms with van der Waals surface area (Å²) in [5, 5.41) is -0.470. The Morgan fingerprint density at radius 1 is 0.867 bits per heavy atom. The van der Waals surface area contributed by atoms with Crippen LogP contribution in [-0.2, 0) is 12.4 Å². The Labute approximate surface area is 175 Å². The average Bonchev–Trinajstić information content (AvgIpc) is 2.67. The molecule has 0 aliphatic heterocycles. The minimum absolute atomic E-state index is 0.0590. The van der Waals surface area contributed by atoms with Crippen LogP contribution >= 0.6 is 11.6 Å². The number of hydrogen-bond acceptors (Lipinski definition) is 1. The minimum Gasteiger partial charge on any atom is -0.294 e. The van der Waals surface area contributed by atoms with Crippen molar-refractivity contribution in [3.63, 3.8) is 0 Å². The lowest BCUT2D eigenvalue weighted by molar-refractivity contribution is -0.139. The Morgan fingerprint density at radius 3 is 2.07 bits per heavy atom. The lowest BCUT2D eigenvalue weighted by Gasteiger charge is -2.30. The van der Waals surface area contributed by atoms with Gasteiger partial charge in [0.1, 0.15) is 0 Å². The van der Waals surface area contributed by atoms with Gasteiger partial charge in [0.2, 0.25) is 0 Å². The zero-order chi connectivity index (χ0) is 22.1. The molecule has 0 spiro atoms. The number of alkyl halides is 6.